The number of ether oxygens (including phenoxy) is 4. The van der Waals surface area contributed by atoms with E-state index in [1.165, 1.54) is 16.6 Å². The fourth-order valence-corrected chi connectivity index (χ4v) is 6.94. The number of imidazole rings is 2. The van der Waals surface area contributed by atoms with E-state index in [0.29, 0.717) is 31.1 Å². The average Bonchev–Trinajstić information content (AvgIpc) is 3.55. The number of nitrogens with zero attached hydrogens (tertiary/aromatic N) is 6. The van der Waals surface area contributed by atoms with Gasteiger partial charge in [-0.15, -0.1) is 0 Å². The summed E-state index contributed by atoms with van der Waals surface area (Å²) in [5.41, 5.74) is 0.340. The number of carbonyl (C=O) groups excluding carboxylic acids is 2. The van der Waals surface area contributed by atoms with Crippen molar-refractivity contribution in [3.8, 4) is 22.9 Å². The van der Waals surface area contributed by atoms with E-state index in [9.17, 15) is 29.1 Å². The fraction of sp³-hybridized carbons (Fsp3) is 0.432. The molecule has 4 aromatic rings. The first-order chi connectivity index (χ1) is 25.3. The summed E-state index contributed by atoms with van der Waals surface area (Å²) in [4.78, 5) is 65.5. The van der Waals surface area contributed by atoms with Crippen LogP contribution < -0.4 is 20.9 Å². The van der Waals surface area contributed by atoms with E-state index in [-0.39, 0.29) is 42.8 Å². The zero-order valence-corrected chi connectivity index (χ0v) is 33.7. The molecule has 2 aromatic heterocycles. The smallest absolute Gasteiger partial charge is 0.410 e. The summed E-state index contributed by atoms with van der Waals surface area (Å²) in [6.07, 6.45) is -0.899. The zero-order chi connectivity index (χ0) is 39.7. The molecular weight excluding hydrogens is 815 g/mol. The molecule has 2 aliphatic rings. The van der Waals surface area contributed by atoms with Crippen molar-refractivity contribution in [1.82, 2.24) is 28.1 Å². The van der Waals surface area contributed by atoms with Crippen LogP contribution in [0.15, 0.2) is 58.1 Å². The Morgan fingerprint density at radius 1 is 0.630 bits per heavy atom. The summed E-state index contributed by atoms with van der Waals surface area (Å²) in [5, 5.41) is 9.78. The van der Waals surface area contributed by atoms with Gasteiger partial charge in [-0.2, -0.15) is 0 Å². The van der Waals surface area contributed by atoms with E-state index in [1.807, 2.05) is 45.0 Å². The number of methoxy groups -OCH3 is 2. The first-order valence-electron chi connectivity index (χ1n) is 17.2. The molecule has 0 aliphatic carbocycles. The molecule has 0 atom stereocenters. The molecule has 290 valence electrons. The normalized spacial score (nSPS) is 13.9. The Morgan fingerprint density at radius 2 is 1.02 bits per heavy atom. The van der Waals surface area contributed by atoms with Crippen molar-refractivity contribution < 1.29 is 38.4 Å². The van der Waals surface area contributed by atoms with E-state index in [4.69, 9.17) is 18.9 Å². The SMILES string of the molecule is COc1ccc(-n2c(C(=O)O)c3n(c2=O)CCN(C(=O)OC(C)(C)C)C3)cc1.COc1ccc(-n2c(I)c3n(c2=O)CCN(C(=O)OC(C)(C)C)C3)cc1. The lowest BCUT2D eigenvalue weighted by Gasteiger charge is -2.30. The van der Waals surface area contributed by atoms with E-state index < -0.39 is 29.0 Å². The van der Waals surface area contributed by atoms with Gasteiger partial charge >= 0.3 is 29.5 Å². The molecule has 2 amide bonds. The highest BCUT2D eigenvalue weighted by Gasteiger charge is 2.34. The molecule has 0 saturated carbocycles. The summed E-state index contributed by atoms with van der Waals surface area (Å²) in [6.45, 7) is 12.5. The number of aromatic carboxylic acids is 1. The van der Waals surface area contributed by atoms with Gasteiger partial charge in [0.25, 0.3) is 0 Å². The Kier molecular flexibility index (Phi) is 11.6. The summed E-state index contributed by atoms with van der Waals surface area (Å²) in [5.74, 6) is 0.0818. The molecule has 54 heavy (non-hydrogen) atoms. The number of carbonyl (C=O) groups is 3. The first kappa shape index (κ1) is 40.0. The minimum Gasteiger partial charge on any atom is -0.497 e. The summed E-state index contributed by atoms with van der Waals surface area (Å²) in [7, 11) is 3.12. The zero-order valence-electron chi connectivity index (χ0n) is 31.5. The van der Waals surface area contributed by atoms with Crippen LogP contribution in [0.3, 0.4) is 0 Å². The quantitative estimate of drug-likeness (QED) is 0.267. The Morgan fingerprint density at radius 3 is 1.43 bits per heavy atom. The lowest BCUT2D eigenvalue weighted by atomic mass is 10.2. The van der Waals surface area contributed by atoms with Gasteiger partial charge in [-0.25, -0.2) is 24.0 Å². The third kappa shape index (κ3) is 8.61. The number of benzene rings is 2. The molecule has 0 spiro atoms. The van der Waals surface area contributed by atoms with Crippen LogP contribution in [-0.4, -0.2) is 89.8 Å². The van der Waals surface area contributed by atoms with Gasteiger partial charge in [-0.05, 0) is 113 Å². The van der Waals surface area contributed by atoms with Crippen LogP contribution in [-0.2, 0) is 35.7 Å². The van der Waals surface area contributed by atoms with Gasteiger partial charge in [0.1, 0.15) is 26.4 Å². The Hall–Kier alpha value is -5.20. The molecule has 17 heteroatoms. The van der Waals surface area contributed by atoms with Gasteiger partial charge in [0, 0.05) is 26.2 Å². The van der Waals surface area contributed by atoms with Crippen molar-refractivity contribution >= 4 is 40.7 Å². The van der Waals surface area contributed by atoms with Crippen LogP contribution in [0.1, 0.15) is 63.4 Å². The molecule has 0 unspecified atom stereocenters. The molecule has 0 radical (unpaired) electrons. The van der Waals surface area contributed by atoms with Crippen molar-refractivity contribution in [3.63, 3.8) is 0 Å². The lowest BCUT2D eigenvalue weighted by molar-refractivity contribution is 0.0187. The molecule has 1 N–H and O–H groups in total. The number of hydrogen-bond acceptors (Lipinski definition) is 9. The number of rotatable bonds is 5. The number of aromatic nitrogens is 4. The second-order valence-corrected chi connectivity index (χ2v) is 15.6. The number of carboxylic acid groups (broad SMARTS) is 1. The van der Waals surface area contributed by atoms with Crippen molar-refractivity contribution in [2.45, 2.75) is 78.9 Å². The van der Waals surface area contributed by atoms with E-state index in [2.05, 4.69) is 22.6 Å². The number of carboxylic acids is 1. The summed E-state index contributed by atoms with van der Waals surface area (Å²) in [6, 6.07) is 13.9. The number of hydrogen-bond donors (Lipinski definition) is 1. The second-order valence-electron chi connectivity index (χ2n) is 14.6. The maximum Gasteiger partial charge on any atom is 0.410 e. The van der Waals surface area contributed by atoms with Gasteiger partial charge in [-0.3, -0.25) is 18.3 Å². The molecule has 0 bridgehead atoms. The van der Waals surface area contributed by atoms with Crippen LogP contribution >= 0.6 is 22.6 Å². The largest absolute Gasteiger partial charge is 0.497 e. The number of amides is 2. The Bertz CT molecular complexity index is 2150. The third-order valence-electron chi connectivity index (χ3n) is 8.46. The summed E-state index contributed by atoms with van der Waals surface area (Å²) >= 11 is 2.16. The van der Waals surface area contributed by atoms with E-state index in [1.54, 1.807) is 66.2 Å². The predicted octanol–water partition coefficient (Wildman–Crippen LogP) is 5.10. The maximum atomic E-state index is 12.9. The molecule has 0 saturated heterocycles. The van der Waals surface area contributed by atoms with Crippen LogP contribution in [0.2, 0.25) is 0 Å². The van der Waals surface area contributed by atoms with Crippen molar-refractivity contribution in [2.24, 2.45) is 0 Å². The van der Waals surface area contributed by atoms with Crippen molar-refractivity contribution in [2.75, 3.05) is 27.3 Å². The van der Waals surface area contributed by atoms with Gasteiger partial charge in [-0.1, -0.05) is 0 Å². The van der Waals surface area contributed by atoms with Crippen molar-refractivity contribution in [3.05, 3.63) is 90.3 Å². The second kappa shape index (κ2) is 15.6. The van der Waals surface area contributed by atoms with Crippen molar-refractivity contribution in [1.29, 1.82) is 0 Å². The Labute approximate surface area is 325 Å². The molecule has 6 rings (SSSR count). The summed E-state index contributed by atoms with van der Waals surface area (Å²) < 4.78 is 27.8. The molecule has 4 heterocycles. The number of halogens is 1. The van der Waals surface area contributed by atoms with Gasteiger partial charge in [0.15, 0.2) is 5.69 Å². The minimum absolute atomic E-state index is 0.0189. The standard InChI is InChI=1S/C19H23N3O6.C18H22IN3O4/c1-19(2,3)28-18(26)20-9-10-21-14(11-20)15(16(23)24)22(17(21)25)12-5-7-13(27-4)8-6-12;1-18(2,3)26-17(24)20-9-10-21-14(11-20)15(19)22(16(21)23)12-5-7-13(25-4)8-6-12/h5-8H,9-11H2,1-4H3,(H,23,24);5-8H,9-11H2,1-4H3. The monoisotopic (exact) mass is 860 g/mol. The highest BCUT2D eigenvalue weighted by Crippen LogP contribution is 2.25. The van der Waals surface area contributed by atoms with Gasteiger partial charge in [0.05, 0.1) is 50.1 Å². The molecule has 16 nitrogen and oxygen atoms in total. The molecule has 2 aromatic carbocycles. The topological polar surface area (TPSA) is 169 Å². The van der Waals surface area contributed by atoms with Crippen LogP contribution in [0.5, 0.6) is 11.5 Å². The lowest BCUT2D eigenvalue weighted by Crippen LogP contribution is -2.43. The van der Waals surface area contributed by atoms with Gasteiger partial charge < -0.3 is 33.9 Å². The first-order valence-corrected chi connectivity index (χ1v) is 18.2. The van der Waals surface area contributed by atoms with E-state index >= 15 is 0 Å². The van der Waals surface area contributed by atoms with E-state index in [0.717, 1.165) is 25.4 Å². The molecule has 0 fully saturated rings. The van der Waals surface area contributed by atoms with Crippen LogP contribution in [0, 0.1) is 3.70 Å². The minimum atomic E-state index is -1.24. The highest BCUT2D eigenvalue weighted by molar-refractivity contribution is 14.1. The molecule has 2 aliphatic heterocycles. The maximum absolute atomic E-state index is 12.9. The van der Waals surface area contributed by atoms with Crippen LogP contribution in [0.25, 0.3) is 11.4 Å². The predicted molar refractivity (Wildman–Crippen MR) is 206 cm³/mol. The van der Waals surface area contributed by atoms with Gasteiger partial charge in [0.2, 0.25) is 0 Å². The highest BCUT2D eigenvalue weighted by atomic mass is 127. The average molecular weight is 861 g/mol. The molecular formula is C37H45IN6O10. The third-order valence-corrected chi connectivity index (χ3v) is 9.57. The Balaban J connectivity index is 0.000000208. The number of fused-ring (bicyclic) bond motifs is 2. The van der Waals surface area contributed by atoms with Crippen LogP contribution in [0.4, 0.5) is 9.59 Å². The fourth-order valence-electron chi connectivity index (χ4n) is 5.99.